The lowest BCUT2D eigenvalue weighted by molar-refractivity contribution is 1.04. The van der Waals surface area contributed by atoms with Gasteiger partial charge in [-0.05, 0) is 58.0 Å². The van der Waals surface area contributed by atoms with Crippen molar-refractivity contribution in [1.29, 1.82) is 0 Å². The average Bonchev–Trinajstić information content (AvgIpc) is 3.79. The zero-order valence-corrected chi connectivity index (χ0v) is 28.0. The van der Waals surface area contributed by atoms with Crippen LogP contribution in [0.3, 0.4) is 0 Å². The second-order valence-electron chi connectivity index (χ2n) is 13.3. The van der Waals surface area contributed by atoms with Gasteiger partial charge in [0, 0.05) is 33.2 Å². The van der Waals surface area contributed by atoms with Crippen molar-refractivity contribution in [3.63, 3.8) is 0 Å². The SMILES string of the molecule is c1ccc(-c2ccc(-c3cccc(-c4cc(-n5c6ccccc6c6ccc7c(nc8c9ccccc9c9ccccc9n78)c65)ncn4)c3)cc2)cc1. The van der Waals surface area contributed by atoms with E-state index in [0.717, 1.165) is 77.6 Å². The monoisotopic (exact) mass is 663 g/mol. The van der Waals surface area contributed by atoms with Crippen LogP contribution in [0.1, 0.15) is 0 Å². The van der Waals surface area contributed by atoms with E-state index in [-0.39, 0.29) is 0 Å². The zero-order valence-electron chi connectivity index (χ0n) is 28.0. The Morgan fingerprint density at radius 1 is 0.385 bits per heavy atom. The molecule has 52 heavy (non-hydrogen) atoms. The molecule has 7 aromatic carbocycles. The number of hydrogen-bond donors (Lipinski definition) is 0. The summed E-state index contributed by atoms with van der Waals surface area (Å²) in [6.45, 7) is 0. The summed E-state index contributed by atoms with van der Waals surface area (Å²) in [5.41, 5.74) is 12.8. The number of rotatable bonds is 4. The molecule has 5 heteroatoms. The van der Waals surface area contributed by atoms with Gasteiger partial charge < -0.3 is 0 Å². The molecule has 0 amide bonds. The maximum absolute atomic E-state index is 5.45. The Kier molecular flexibility index (Phi) is 6.18. The molecule has 0 aliphatic heterocycles. The van der Waals surface area contributed by atoms with Crippen molar-refractivity contribution in [2.45, 2.75) is 0 Å². The minimum atomic E-state index is 0.799. The smallest absolute Gasteiger partial charge is 0.146 e. The third kappa shape index (κ3) is 4.26. The Labute approximate surface area is 298 Å². The molecule has 0 aliphatic rings. The summed E-state index contributed by atoms with van der Waals surface area (Å²) in [6, 6.07) is 60.1. The van der Waals surface area contributed by atoms with Gasteiger partial charge in [-0.15, -0.1) is 0 Å². The molecule has 0 bridgehead atoms. The van der Waals surface area contributed by atoms with Gasteiger partial charge in [-0.3, -0.25) is 8.97 Å². The predicted molar refractivity (Wildman–Crippen MR) is 214 cm³/mol. The van der Waals surface area contributed by atoms with E-state index in [9.17, 15) is 0 Å². The minimum Gasteiger partial charge on any atom is -0.292 e. The lowest BCUT2D eigenvalue weighted by atomic mass is 9.98. The molecule has 0 unspecified atom stereocenters. The largest absolute Gasteiger partial charge is 0.292 e. The summed E-state index contributed by atoms with van der Waals surface area (Å²) in [4.78, 5) is 15.1. The van der Waals surface area contributed by atoms with Crippen molar-refractivity contribution in [1.82, 2.24) is 23.9 Å². The van der Waals surface area contributed by atoms with E-state index in [1.165, 1.54) is 21.9 Å². The van der Waals surface area contributed by atoms with Gasteiger partial charge in [-0.25, -0.2) is 15.0 Å². The van der Waals surface area contributed by atoms with Gasteiger partial charge in [-0.1, -0.05) is 133 Å². The van der Waals surface area contributed by atoms with Gasteiger partial charge in [0.15, 0.2) is 0 Å². The van der Waals surface area contributed by atoms with E-state index in [1.54, 1.807) is 6.33 Å². The summed E-state index contributed by atoms with van der Waals surface area (Å²) < 4.78 is 4.58. The second-order valence-corrected chi connectivity index (χ2v) is 13.3. The van der Waals surface area contributed by atoms with E-state index < -0.39 is 0 Å². The third-order valence-electron chi connectivity index (χ3n) is 10.4. The molecule has 4 aromatic heterocycles. The third-order valence-corrected chi connectivity index (χ3v) is 10.4. The summed E-state index contributed by atoms with van der Waals surface area (Å²) in [6.07, 6.45) is 1.68. The molecule has 11 rings (SSSR count). The summed E-state index contributed by atoms with van der Waals surface area (Å²) in [5, 5.41) is 5.84. The van der Waals surface area contributed by atoms with Crippen LogP contribution < -0.4 is 0 Å². The van der Waals surface area contributed by atoms with E-state index in [1.807, 2.05) is 6.07 Å². The normalized spacial score (nSPS) is 11.8. The van der Waals surface area contributed by atoms with Crippen LogP contribution >= 0.6 is 0 Å². The van der Waals surface area contributed by atoms with Crippen LogP contribution in [-0.4, -0.2) is 23.9 Å². The molecule has 0 aliphatic carbocycles. The molecule has 0 atom stereocenters. The Morgan fingerprint density at radius 2 is 1.00 bits per heavy atom. The molecular weight excluding hydrogens is 635 g/mol. The van der Waals surface area contributed by atoms with Crippen LogP contribution in [0.5, 0.6) is 0 Å². The summed E-state index contributed by atoms with van der Waals surface area (Å²) in [7, 11) is 0. The molecular formula is C47H29N5. The Balaban J connectivity index is 1.11. The molecule has 0 radical (unpaired) electrons. The zero-order chi connectivity index (χ0) is 34.2. The number of aromatic nitrogens is 5. The van der Waals surface area contributed by atoms with Crippen molar-refractivity contribution in [2.75, 3.05) is 0 Å². The van der Waals surface area contributed by atoms with Crippen molar-refractivity contribution in [3.05, 3.63) is 176 Å². The minimum absolute atomic E-state index is 0.799. The van der Waals surface area contributed by atoms with Gasteiger partial charge in [0.2, 0.25) is 0 Å². The molecule has 0 saturated heterocycles. The summed E-state index contributed by atoms with van der Waals surface area (Å²) >= 11 is 0. The number of benzene rings is 7. The lowest BCUT2D eigenvalue weighted by Crippen LogP contribution is -1.99. The van der Waals surface area contributed by atoms with E-state index in [2.05, 4.69) is 173 Å². The number of hydrogen-bond acceptors (Lipinski definition) is 3. The fourth-order valence-corrected chi connectivity index (χ4v) is 8.03. The highest BCUT2D eigenvalue weighted by Gasteiger charge is 2.21. The first-order valence-corrected chi connectivity index (χ1v) is 17.5. The molecule has 0 fully saturated rings. The average molecular weight is 664 g/mol. The molecule has 5 nitrogen and oxygen atoms in total. The van der Waals surface area contributed by atoms with Gasteiger partial charge in [-0.2, -0.15) is 0 Å². The molecule has 11 aromatic rings. The molecule has 0 N–H and O–H groups in total. The topological polar surface area (TPSA) is 48.0 Å². The fourth-order valence-electron chi connectivity index (χ4n) is 8.03. The quantitative estimate of drug-likeness (QED) is 0.176. The maximum atomic E-state index is 5.45. The number of nitrogens with zero attached hydrogens (tertiary/aromatic N) is 5. The number of pyridine rings is 1. The number of para-hydroxylation sites is 2. The van der Waals surface area contributed by atoms with Crippen molar-refractivity contribution in [3.8, 4) is 39.3 Å². The second kappa shape index (κ2) is 11.2. The van der Waals surface area contributed by atoms with E-state index in [4.69, 9.17) is 15.0 Å². The van der Waals surface area contributed by atoms with Crippen LogP contribution in [0.4, 0.5) is 0 Å². The van der Waals surface area contributed by atoms with Gasteiger partial charge in [0.1, 0.15) is 23.3 Å². The predicted octanol–water partition coefficient (Wildman–Crippen LogP) is 11.7. The van der Waals surface area contributed by atoms with Crippen molar-refractivity contribution < 1.29 is 0 Å². The standard InChI is InChI=1S/C47H29N5/c1-2-11-30(12-3-1)31-21-23-32(24-22-31)33-13-10-14-34(27-33)40-28-44(49-29-48-40)52-42-20-9-7-17-37(42)38-25-26-43-45(46(38)52)50-47-39-18-5-4-15-35(39)36-16-6-8-19-41(36)51(43)47/h1-29H. The molecule has 0 spiro atoms. The van der Waals surface area contributed by atoms with Crippen molar-refractivity contribution in [2.24, 2.45) is 0 Å². The first-order valence-electron chi connectivity index (χ1n) is 17.5. The highest BCUT2D eigenvalue weighted by molar-refractivity contribution is 6.20. The number of fused-ring (bicyclic) bond motifs is 12. The van der Waals surface area contributed by atoms with Crippen LogP contribution in [0.15, 0.2) is 176 Å². The lowest BCUT2D eigenvalue weighted by Gasteiger charge is -2.10. The Hall–Kier alpha value is -7.11. The van der Waals surface area contributed by atoms with Gasteiger partial charge in [0.05, 0.1) is 27.8 Å². The Morgan fingerprint density at radius 3 is 1.81 bits per heavy atom. The van der Waals surface area contributed by atoms with Gasteiger partial charge >= 0.3 is 0 Å². The molecule has 242 valence electrons. The highest BCUT2D eigenvalue weighted by atomic mass is 15.1. The molecule has 4 heterocycles. The van der Waals surface area contributed by atoms with E-state index in [0.29, 0.717) is 0 Å². The fraction of sp³-hybridized carbons (Fsp3) is 0. The highest BCUT2D eigenvalue weighted by Crippen LogP contribution is 2.39. The van der Waals surface area contributed by atoms with Gasteiger partial charge in [0.25, 0.3) is 0 Å². The number of imidazole rings is 1. The summed E-state index contributed by atoms with van der Waals surface area (Å²) in [5.74, 6) is 0.799. The van der Waals surface area contributed by atoms with Crippen LogP contribution in [0.25, 0.3) is 99.5 Å². The first kappa shape index (κ1) is 28.7. The molecule has 0 saturated carbocycles. The van der Waals surface area contributed by atoms with Crippen LogP contribution in [0.2, 0.25) is 0 Å². The van der Waals surface area contributed by atoms with E-state index >= 15 is 0 Å². The maximum Gasteiger partial charge on any atom is 0.146 e. The van der Waals surface area contributed by atoms with Crippen LogP contribution in [0, 0.1) is 0 Å². The van der Waals surface area contributed by atoms with Crippen LogP contribution in [-0.2, 0) is 0 Å². The first-order chi connectivity index (χ1) is 25.8. The van der Waals surface area contributed by atoms with Crippen molar-refractivity contribution >= 4 is 60.2 Å². The Bertz CT molecular complexity index is 3170.